The molecule has 0 saturated carbocycles. The highest BCUT2D eigenvalue weighted by atomic mass is 35.5. The normalized spacial score (nSPS) is 22.0. The van der Waals surface area contributed by atoms with Gasteiger partial charge >= 0.3 is 0 Å². The van der Waals surface area contributed by atoms with Gasteiger partial charge in [0.05, 0.1) is 4.90 Å². The van der Waals surface area contributed by atoms with Gasteiger partial charge in [0.25, 0.3) is 5.91 Å². The highest BCUT2D eigenvalue weighted by molar-refractivity contribution is 7.89. The molecular weight excluding hydrogens is 386 g/mol. The predicted octanol–water partition coefficient (Wildman–Crippen LogP) is 2.63. The van der Waals surface area contributed by atoms with Gasteiger partial charge < -0.3 is 10.6 Å². The SMILES string of the molecule is Cl.NCC1CCCCN1C(=O)c1cccc(S(=O)(=O)N2CCCCCC2)c1. The zero-order valence-corrected chi connectivity index (χ0v) is 17.3. The first-order valence-corrected chi connectivity index (χ1v) is 11.1. The first kappa shape index (κ1) is 22.1. The number of amides is 1. The number of halogens is 1. The Hall–Kier alpha value is -1.15. The van der Waals surface area contributed by atoms with Gasteiger partial charge in [0, 0.05) is 37.8 Å². The van der Waals surface area contributed by atoms with Crippen LogP contribution in [0.3, 0.4) is 0 Å². The molecule has 2 saturated heterocycles. The Kier molecular flexibility index (Phi) is 8.09. The number of rotatable bonds is 4. The topological polar surface area (TPSA) is 83.7 Å². The summed E-state index contributed by atoms with van der Waals surface area (Å²) >= 11 is 0. The van der Waals surface area contributed by atoms with Crippen LogP contribution in [0.15, 0.2) is 29.2 Å². The molecule has 0 radical (unpaired) electrons. The summed E-state index contributed by atoms with van der Waals surface area (Å²) in [5, 5.41) is 0. The third-order valence-electron chi connectivity index (χ3n) is 5.44. The van der Waals surface area contributed by atoms with Gasteiger partial charge in [-0.05, 0) is 50.3 Å². The van der Waals surface area contributed by atoms with Crippen molar-refractivity contribution in [2.75, 3.05) is 26.2 Å². The van der Waals surface area contributed by atoms with Gasteiger partial charge in [-0.2, -0.15) is 4.31 Å². The van der Waals surface area contributed by atoms with Crippen molar-refractivity contribution >= 4 is 28.3 Å². The van der Waals surface area contributed by atoms with Crippen LogP contribution in [0, 0.1) is 0 Å². The second-order valence-electron chi connectivity index (χ2n) is 7.23. The fourth-order valence-electron chi connectivity index (χ4n) is 3.90. The largest absolute Gasteiger partial charge is 0.334 e. The molecule has 0 bridgehead atoms. The Bertz CT molecular complexity index is 733. The van der Waals surface area contributed by atoms with E-state index in [1.807, 2.05) is 0 Å². The number of carbonyl (C=O) groups is 1. The second kappa shape index (κ2) is 9.87. The smallest absolute Gasteiger partial charge is 0.254 e. The maximum Gasteiger partial charge on any atom is 0.254 e. The van der Waals surface area contributed by atoms with Crippen molar-refractivity contribution in [1.82, 2.24) is 9.21 Å². The molecule has 2 aliphatic heterocycles. The maximum atomic E-state index is 13.0. The minimum absolute atomic E-state index is 0. The van der Waals surface area contributed by atoms with E-state index in [1.54, 1.807) is 27.4 Å². The van der Waals surface area contributed by atoms with Crippen LogP contribution >= 0.6 is 12.4 Å². The Morgan fingerprint density at radius 1 is 1.04 bits per heavy atom. The maximum absolute atomic E-state index is 13.0. The molecule has 8 heteroatoms. The molecule has 1 amide bonds. The van der Waals surface area contributed by atoms with E-state index >= 15 is 0 Å². The lowest BCUT2D eigenvalue weighted by atomic mass is 10.0. The molecule has 27 heavy (non-hydrogen) atoms. The monoisotopic (exact) mass is 415 g/mol. The van der Waals surface area contributed by atoms with Crippen molar-refractivity contribution in [3.05, 3.63) is 29.8 Å². The number of hydrogen-bond acceptors (Lipinski definition) is 4. The minimum Gasteiger partial charge on any atom is -0.334 e. The van der Waals surface area contributed by atoms with Gasteiger partial charge in [-0.3, -0.25) is 4.79 Å². The molecule has 1 unspecified atom stereocenters. The average Bonchev–Trinajstić information content (AvgIpc) is 2.97. The lowest BCUT2D eigenvalue weighted by Gasteiger charge is -2.35. The number of piperidine rings is 1. The number of sulfonamides is 1. The quantitative estimate of drug-likeness (QED) is 0.819. The molecule has 2 heterocycles. The lowest BCUT2D eigenvalue weighted by molar-refractivity contribution is 0.0623. The van der Waals surface area contributed by atoms with Crippen LogP contribution in [0.4, 0.5) is 0 Å². The van der Waals surface area contributed by atoms with Gasteiger partial charge in [0.2, 0.25) is 10.0 Å². The van der Waals surface area contributed by atoms with Gasteiger partial charge in [-0.25, -0.2) is 8.42 Å². The van der Waals surface area contributed by atoms with Crippen molar-refractivity contribution < 1.29 is 13.2 Å². The molecule has 0 aliphatic carbocycles. The summed E-state index contributed by atoms with van der Waals surface area (Å²) in [5.74, 6) is -0.118. The van der Waals surface area contributed by atoms with Crippen LogP contribution in [0.2, 0.25) is 0 Å². The summed E-state index contributed by atoms with van der Waals surface area (Å²) < 4.78 is 27.5. The van der Waals surface area contributed by atoms with Gasteiger partial charge in [-0.15, -0.1) is 12.4 Å². The molecule has 152 valence electrons. The zero-order valence-electron chi connectivity index (χ0n) is 15.7. The van der Waals surface area contributed by atoms with Crippen LogP contribution in [-0.4, -0.2) is 55.8 Å². The number of benzene rings is 1. The standard InChI is InChI=1S/C19H29N3O3S.ClH/c20-15-17-9-3-6-13-22(17)19(23)16-8-7-10-18(14-16)26(24,25)21-11-4-1-2-5-12-21;/h7-8,10,14,17H,1-6,9,11-13,15,20H2;1H. The number of likely N-dealkylation sites (tertiary alicyclic amines) is 1. The van der Waals surface area contributed by atoms with Crippen LogP contribution in [0.5, 0.6) is 0 Å². The van der Waals surface area contributed by atoms with E-state index < -0.39 is 10.0 Å². The number of carbonyl (C=O) groups excluding carboxylic acids is 1. The van der Waals surface area contributed by atoms with E-state index in [0.29, 0.717) is 31.7 Å². The Balaban J connectivity index is 0.00000261. The Morgan fingerprint density at radius 2 is 1.70 bits per heavy atom. The van der Waals surface area contributed by atoms with E-state index in [1.165, 1.54) is 6.07 Å². The fraction of sp³-hybridized carbons (Fsp3) is 0.632. The van der Waals surface area contributed by atoms with Crippen molar-refractivity contribution in [1.29, 1.82) is 0 Å². The number of nitrogens with zero attached hydrogens (tertiary/aromatic N) is 2. The van der Waals surface area contributed by atoms with Crippen molar-refractivity contribution in [3.63, 3.8) is 0 Å². The second-order valence-corrected chi connectivity index (χ2v) is 9.17. The third-order valence-corrected chi connectivity index (χ3v) is 7.34. The summed E-state index contributed by atoms with van der Waals surface area (Å²) in [6.45, 7) is 2.24. The highest BCUT2D eigenvalue weighted by Gasteiger charge is 2.29. The highest BCUT2D eigenvalue weighted by Crippen LogP contribution is 2.23. The Labute approximate surface area is 168 Å². The van der Waals surface area contributed by atoms with Crippen LogP contribution < -0.4 is 5.73 Å². The Morgan fingerprint density at radius 3 is 2.37 bits per heavy atom. The van der Waals surface area contributed by atoms with Crippen molar-refractivity contribution in [2.24, 2.45) is 5.73 Å². The molecular formula is C19H30ClN3O3S. The summed E-state index contributed by atoms with van der Waals surface area (Å²) in [6, 6.07) is 6.53. The van der Waals surface area contributed by atoms with Gasteiger partial charge in [0.15, 0.2) is 0 Å². The van der Waals surface area contributed by atoms with E-state index in [2.05, 4.69) is 0 Å². The minimum atomic E-state index is -3.55. The summed E-state index contributed by atoms with van der Waals surface area (Å²) in [7, 11) is -3.55. The first-order chi connectivity index (χ1) is 12.5. The predicted molar refractivity (Wildman–Crippen MR) is 109 cm³/mol. The lowest BCUT2D eigenvalue weighted by Crippen LogP contribution is -2.47. The molecule has 3 rings (SSSR count). The van der Waals surface area contributed by atoms with Crippen molar-refractivity contribution in [3.8, 4) is 0 Å². The summed E-state index contributed by atoms with van der Waals surface area (Å²) in [4.78, 5) is 15.0. The van der Waals surface area contributed by atoms with Crippen LogP contribution in [0.1, 0.15) is 55.3 Å². The van der Waals surface area contributed by atoms with E-state index in [4.69, 9.17) is 5.73 Å². The molecule has 2 fully saturated rings. The van der Waals surface area contributed by atoms with Crippen LogP contribution in [-0.2, 0) is 10.0 Å². The van der Waals surface area contributed by atoms with Gasteiger partial charge in [-0.1, -0.05) is 18.9 Å². The van der Waals surface area contributed by atoms with E-state index in [9.17, 15) is 13.2 Å². The average molecular weight is 416 g/mol. The van der Waals surface area contributed by atoms with E-state index in [-0.39, 0.29) is 29.3 Å². The molecule has 1 atom stereocenters. The zero-order chi connectivity index (χ0) is 18.6. The van der Waals surface area contributed by atoms with Crippen LogP contribution in [0.25, 0.3) is 0 Å². The van der Waals surface area contributed by atoms with Gasteiger partial charge in [0.1, 0.15) is 0 Å². The molecule has 6 nitrogen and oxygen atoms in total. The molecule has 1 aromatic rings. The van der Waals surface area contributed by atoms with E-state index in [0.717, 1.165) is 44.9 Å². The summed E-state index contributed by atoms with van der Waals surface area (Å²) in [5.41, 5.74) is 6.26. The molecule has 1 aromatic carbocycles. The fourth-order valence-corrected chi connectivity index (χ4v) is 5.46. The third kappa shape index (κ3) is 5.02. The molecule has 2 N–H and O–H groups in total. The number of nitrogens with two attached hydrogens (primary N) is 1. The van der Waals surface area contributed by atoms with Crippen molar-refractivity contribution in [2.45, 2.75) is 55.9 Å². The first-order valence-electron chi connectivity index (χ1n) is 9.65. The molecule has 2 aliphatic rings. The molecule has 0 spiro atoms. The molecule has 0 aromatic heterocycles. The number of hydrogen-bond donors (Lipinski definition) is 1. The summed E-state index contributed by atoms with van der Waals surface area (Å²) in [6.07, 6.45) is 6.88.